The zero-order valence-corrected chi connectivity index (χ0v) is 22.8. The number of unbranched alkanes of at least 4 members (excludes halogenated alkanes) is 16. The Morgan fingerprint density at radius 3 is 0.862 bits per heavy atom. The summed E-state index contributed by atoms with van der Waals surface area (Å²) < 4.78 is 0. The molecule has 0 aliphatic rings. The quantitative estimate of drug-likeness (QED) is 0.126. The highest BCUT2D eigenvalue weighted by atomic mass is 31.2. The molecule has 29 heavy (non-hydrogen) atoms. The molecule has 0 rings (SSSR count). The molecule has 0 unspecified atom stereocenters. The third kappa shape index (κ3) is 13.4. The van der Waals surface area contributed by atoms with Crippen LogP contribution in [-0.4, -0.2) is 23.1 Å². The van der Waals surface area contributed by atoms with Crippen molar-refractivity contribution in [3.05, 3.63) is 0 Å². The molecule has 0 heterocycles. The van der Waals surface area contributed by atoms with Crippen molar-refractivity contribution in [2.45, 2.75) is 175 Å². The molecule has 1 heteroatoms. The first kappa shape index (κ1) is 29.4. The highest BCUT2D eigenvalue weighted by Crippen LogP contribution is 2.70. The van der Waals surface area contributed by atoms with Gasteiger partial charge < -0.3 is 0 Å². The van der Waals surface area contributed by atoms with Crippen LogP contribution in [0, 0.1) is 0 Å². The Bertz CT molecular complexity index is 309. The smallest absolute Gasteiger partial charge is 0.0646 e. The van der Waals surface area contributed by atoms with Gasteiger partial charge in [0.25, 0.3) is 0 Å². The van der Waals surface area contributed by atoms with E-state index in [9.17, 15) is 0 Å². The minimum absolute atomic E-state index is 0.802. The molecule has 0 saturated carbocycles. The van der Waals surface area contributed by atoms with Crippen LogP contribution >= 0.6 is 7.26 Å². The van der Waals surface area contributed by atoms with Crippen LogP contribution in [0.5, 0.6) is 0 Å². The molecule has 0 amide bonds. The molecule has 0 aromatic heterocycles. The summed E-state index contributed by atoms with van der Waals surface area (Å²) in [4.78, 5) is 0. The van der Waals surface area contributed by atoms with Crippen molar-refractivity contribution in [2.75, 3.05) is 6.16 Å². The summed E-state index contributed by atoms with van der Waals surface area (Å²) in [6.07, 6.45) is 26.6. The molecular weight excluding hydrogens is 367 g/mol. The maximum Gasteiger partial charge on any atom is 0.0646 e. The van der Waals surface area contributed by atoms with Gasteiger partial charge in [0, 0.05) is 7.26 Å². The van der Waals surface area contributed by atoms with Crippen LogP contribution in [0.1, 0.15) is 158 Å². The largest absolute Gasteiger partial charge is 0.0654 e. The number of rotatable bonds is 21. The molecule has 0 spiro atoms. The van der Waals surface area contributed by atoms with Gasteiger partial charge in [-0.05, 0) is 54.4 Å². The molecule has 0 N–H and O–H groups in total. The van der Waals surface area contributed by atoms with Gasteiger partial charge in [0.1, 0.15) is 0 Å². The summed E-state index contributed by atoms with van der Waals surface area (Å²) in [5.41, 5.74) is 2.72. The number of hydrogen-bond acceptors (Lipinski definition) is 0. The van der Waals surface area contributed by atoms with E-state index in [1.165, 1.54) is 109 Å². The van der Waals surface area contributed by atoms with Gasteiger partial charge in [-0.2, -0.15) is 0 Å². The first-order valence-corrected chi connectivity index (χ1v) is 15.9. The zero-order chi connectivity index (χ0) is 22.0. The fraction of sp³-hybridized carbons (Fsp3) is 1.00. The standard InChI is InChI=1S/C28H60P/c1-8-9-10-11-12-13-14-15-16-17-18-19-20-21-22-23-24-25-29(26(2)3,27(4)5)28(6)7/h26-28H,8-25H2,1-7H3/q+1. The van der Waals surface area contributed by atoms with Gasteiger partial charge in [-0.25, -0.2) is 0 Å². The van der Waals surface area contributed by atoms with E-state index >= 15 is 0 Å². The molecule has 0 aliphatic heterocycles. The molecule has 0 aromatic rings. The van der Waals surface area contributed by atoms with Crippen molar-refractivity contribution in [3.63, 3.8) is 0 Å². The van der Waals surface area contributed by atoms with E-state index in [-0.39, 0.29) is 0 Å². The summed E-state index contributed by atoms with van der Waals surface area (Å²) in [6, 6.07) is 0. The van der Waals surface area contributed by atoms with E-state index in [1.54, 1.807) is 6.16 Å². The van der Waals surface area contributed by atoms with Crippen LogP contribution < -0.4 is 0 Å². The molecule has 0 atom stereocenters. The lowest BCUT2D eigenvalue weighted by atomic mass is 10.0. The molecule has 0 fully saturated rings. The Balaban J connectivity index is 3.51. The first-order chi connectivity index (χ1) is 13.9. The van der Waals surface area contributed by atoms with Crippen LogP contribution in [0.2, 0.25) is 0 Å². The topological polar surface area (TPSA) is 0 Å². The van der Waals surface area contributed by atoms with Crippen LogP contribution in [-0.2, 0) is 0 Å². The number of hydrogen-bond donors (Lipinski definition) is 0. The van der Waals surface area contributed by atoms with Crippen molar-refractivity contribution in [3.8, 4) is 0 Å². The Morgan fingerprint density at radius 2 is 0.621 bits per heavy atom. The zero-order valence-electron chi connectivity index (χ0n) is 21.9. The summed E-state index contributed by atoms with van der Waals surface area (Å²) in [5, 5.41) is 0. The summed E-state index contributed by atoms with van der Waals surface area (Å²) in [7, 11) is -0.802. The highest BCUT2D eigenvalue weighted by molar-refractivity contribution is 7.77. The van der Waals surface area contributed by atoms with Crippen molar-refractivity contribution in [1.82, 2.24) is 0 Å². The maximum atomic E-state index is 2.50. The van der Waals surface area contributed by atoms with E-state index < -0.39 is 7.26 Å². The average molecular weight is 428 g/mol. The predicted molar refractivity (Wildman–Crippen MR) is 141 cm³/mol. The van der Waals surface area contributed by atoms with Gasteiger partial charge in [0.05, 0.1) is 23.1 Å². The highest BCUT2D eigenvalue weighted by Gasteiger charge is 2.46. The molecular formula is C28H60P+. The van der Waals surface area contributed by atoms with E-state index in [0.717, 1.165) is 17.0 Å². The second-order valence-corrected chi connectivity index (χ2v) is 16.2. The summed E-state index contributed by atoms with van der Waals surface area (Å²) >= 11 is 0. The second-order valence-electron chi connectivity index (χ2n) is 10.7. The van der Waals surface area contributed by atoms with Crippen LogP contribution in [0.25, 0.3) is 0 Å². The SMILES string of the molecule is CCCCCCCCCCCCCCCCCCC[P+](C(C)C)(C(C)C)C(C)C. The van der Waals surface area contributed by atoms with E-state index in [4.69, 9.17) is 0 Å². The molecule has 0 bridgehead atoms. The van der Waals surface area contributed by atoms with Crippen LogP contribution in [0.4, 0.5) is 0 Å². The van der Waals surface area contributed by atoms with Gasteiger partial charge in [-0.15, -0.1) is 0 Å². The summed E-state index contributed by atoms with van der Waals surface area (Å²) in [6.45, 7) is 17.3. The lowest BCUT2D eigenvalue weighted by Gasteiger charge is -2.38. The Morgan fingerprint density at radius 1 is 0.379 bits per heavy atom. The van der Waals surface area contributed by atoms with Gasteiger partial charge in [-0.1, -0.05) is 103 Å². The van der Waals surface area contributed by atoms with Crippen molar-refractivity contribution in [1.29, 1.82) is 0 Å². The fourth-order valence-electron chi connectivity index (χ4n) is 5.67. The van der Waals surface area contributed by atoms with E-state index in [2.05, 4.69) is 48.5 Å². The molecule has 0 aromatic carbocycles. The van der Waals surface area contributed by atoms with Crippen molar-refractivity contribution >= 4 is 7.26 Å². The first-order valence-electron chi connectivity index (χ1n) is 13.8. The van der Waals surface area contributed by atoms with Gasteiger partial charge >= 0.3 is 0 Å². The molecule has 0 saturated heterocycles. The Labute approximate surface area is 188 Å². The lowest BCUT2D eigenvalue weighted by molar-refractivity contribution is 0.529. The maximum absolute atomic E-state index is 2.50. The van der Waals surface area contributed by atoms with E-state index in [0.29, 0.717) is 0 Å². The van der Waals surface area contributed by atoms with E-state index in [1.807, 2.05) is 0 Å². The molecule has 0 radical (unpaired) electrons. The molecule has 0 nitrogen and oxygen atoms in total. The normalized spacial score (nSPS) is 12.6. The predicted octanol–water partition coefficient (Wildman–Crippen LogP) is 10.9. The van der Waals surface area contributed by atoms with Gasteiger partial charge in [0.15, 0.2) is 0 Å². The summed E-state index contributed by atoms with van der Waals surface area (Å²) in [5.74, 6) is 0. The van der Waals surface area contributed by atoms with Gasteiger partial charge in [0.2, 0.25) is 0 Å². The third-order valence-electron chi connectivity index (χ3n) is 7.53. The van der Waals surface area contributed by atoms with Crippen LogP contribution in [0.3, 0.4) is 0 Å². The minimum Gasteiger partial charge on any atom is -0.0654 e. The minimum atomic E-state index is -0.802. The van der Waals surface area contributed by atoms with Crippen molar-refractivity contribution < 1.29 is 0 Å². The Kier molecular flexibility index (Phi) is 19.4. The molecule has 176 valence electrons. The van der Waals surface area contributed by atoms with Crippen molar-refractivity contribution in [2.24, 2.45) is 0 Å². The lowest BCUT2D eigenvalue weighted by Crippen LogP contribution is -2.26. The second kappa shape index (κ2) is 19.1. The fourth-order valence-corrected chi connectivity index (χ4v) is 11.6. The van der Waals surface area contributed by atoms with Crippen LogP contribution in [0.15, 0.2) is 0 Å². The van der Waals surface area contributed by atoms with Gasteiger partial charge in [-0.3, -0.25) is 0 Å². The Hall–Kier alpha value is 0.430. The monoisotopic (exact) mass is 427 g/mol. The molecule has 0 aliphatic carbocycles. The third-order valence-corrected chi connectivity index (χ3v) is 14.4. The average Bonchev–Trinajstić information content (AvgIpc) is 2.66.